The molecular weight excluding hydrogens is 315 g/mol. The topological polar surface area (TPSA) is 73.4 Å². The Balaban J connectivity index is 0.00000200. The van der Waals surface area contributed by atoms with Crippen LogP contribution in [0.2, 0.25) is 0 Å². The maximum atomic E-state index is 12.5. The smallest absolute Gasteiger partial charge is 0.247 e. The Morgan fingerprint density at radius 2 is 2.24 bits per heavy atom. The quantitative estimate of drug-likeness (QED) is 0.896. The summed E-state index contributed by atoms with van der Waals surface area (Å²) in [7, 11) is 1.71. The average molecular weight is 339 g/mol. The lowest BCUT2D eigenvalue weighted by molar-refractivity contribution is -0.140. The number of halogens is 2. The van der Waals surface area contributed by atoms with E-state index in [1.54, 1.807) is 18.0 Å². The summed E-state index contributed by atoms with van der Waals surface area (Å²) in [6, 6.07) is 1.59. The van der Waals surface area contributed by atoms with Crippen LogP contribution in [0.1, 0.15) is 25.8 Å². The number of hydrogen-bond acceptors (Lipinski definition) is 4. The maximum Gasteiger partial charge on any atom is 0.247 e. The van der Waals surface area contributed by atoms with E-state index >= 15 is 0 Å². The summed E-state index contributed by atoms with van der Waals surface area (Å²) in [6.45, 7) is 3.04. The first-order valence-electron chi connectivity index (χ1n) is 6.69. The summed E-state index contributed by atoms with van der Waals surface area (Å²) in [4.78, 5) is 14.4. The van der Waals surface area contributed by atoms with Crippen LogP contribution in [0.15, 0.2) is 18.5 Å². The van der Waals surface area contributed by atoms with E-state index in [-0.39, 0.29) is 48.9 Å². The third-order valence-electron chi connectivity index (χ3n) is 3.84. The van der Waals surface area contributed by atoms with Gasteiger partial charge in [0.05, 0.1) is 6.10 Å². The SMILES string of the molecule is COC1CCN(C(=O)C(C)n2cccn2)C(CN)C1.Cl.Cl. The number of nitrogens with two attached hydrogens (primary N) is 1. The zero-order valence-electron chi connectivity index (χ0n) is 12.3. The first-order chi connectivity index (χ1) is 9.17. The Labute approximate surface area is 137 Å². The van der Waals surface area contributed by atoms with E-state index in [2.05, 4.69) is 5.10 Å². The predicted molar refractivity (Wildman–Crippen MR) is 86.0 cm³/mol. The van der Waals surface area contributed by atoms with Gasteiger partial charge in [0, 0.05) is 38.6 Å². The van der Waals surface area contributed by atoms with Crippen LogP contribution in [0.5, 0.6) is 0 Å². The Hall–Kier alpha value is -0.820. The molecule has 1 fully saturated rings. The van der Waals surface area contributed by atoms with Crippen molar-refractivity contribution < 1.29 is 9.53 Å². The molecule has 3 unspecified atom stereocenters. The molecule has 2 heterocycles. The number of piperidine rings is 1. The van der Waals surface area contributed by atoms with E-state index in [0.717, 1.165) is 12.8 Å². The lowest BCUT2D eigenvalue weighted by atomic mass is 9.98. The molecular formula is C13H24Cl2N4O2. The second kappa shape index (κ2) is 9.25. The molecule has 0 aromatic carbocycles. The standard InChI is InChI=1S/C13H22N4O2.2ClH/c1-10(17-6-3-5-15-17)13(18)16-7-4-12(19-2)8-11(16)9-14;;/h3,5-6,10-12H,4,7-9,14H2,1-2H3;2*1H. The molecule has 8 heteroatoms. The average Bonchev–Trinajstić information content (AvgIpc) is 2.99. The number of nitrogens with zero attached hydrogens (tertiary/aromatic N) is 3. The van der Waals surface area contributed by atoms with Gasteiger partial charge in [-0.1, -0.05) is 0 Å². The zero-order chi connectivity index (χ0) is 13.8. The summed E-state index contributed by atoms with van der Waals surface area (Å²) in [5, 5.41) is 4.13. The van der Waals surface area contributed by atoms with Crippen molar-refractivity contribution >= 4 is 30.7 Å². The van der Waals surface area contributed by atoms with Gasteiger partial charge in [-0.15, -0.1) is 24.8 Å². The highest BCUT2D eigenvalue weighted by atomic mass is 35.5. The fourth-order valence-corrected chi connectivity index (χ4v) is 2.60. The number of aromatic nitrogens is 2. The molecule has 21 heavy (non-hydrogen) atoms. The van der Waals surface area contributed by atoms with Gasteiger partial charge in [0.15, 0.2) is 0 Å². The van der Waals surface area contributed by atoms with E-state index in [4.69, 9.17) is 10.5 Å². The molecule has 0 saturated carbocycles. The first kappa shape index (κ1) is 20.2. The highest BCUT2D eigenvalue weighted by Crippen LogP contribution is 2.22. The Morgan fingerprint density at radius 1 is 1.52 bits per heavy atom. The van der Waals surface area contributed by atoms with Crippen molar-refractivity contribution in [3.8, 4) is 0 Å². The van der Waals surface area contributed by atoms with Gasteiger partial charge in [-0.2, -0.15) is 5.10 Å². The molecule has 0 radical (unpaired) electrons. The van der Waals surface area contributed by atoms with Crippen molar-refractivity contribution in [3.05, 3.63) is 18.5 Å². The highest BCUT2D eigenvalue weighted by Gasteiger charge is 2.33. The van der Waals surface area contributed by atoms with E-state index in [0.29, 0.717) is 13.1 Å². The Bertz CT molecular complexity index is 416. The molecule has 2 N–H and O–H groups in total. The number of methoxy groups -OCH3 is 1. The summed E-state index contributed by atoms with van der Waals surface area (Å²) in [5.74, 6) is 0.0775. The van der Waals surface area contributed by atoms with Crippen molar-refractivity contribution in [2.24, 2.45) is 5.73 Å². The van der Waals surface area contributed by atoms with Crippen LogP contribution >= 0.6 is 24.8 Å². The third kappa shape index (κ3) is 4.57. The molecule has 1 aliphatic heterocycles. The minimum Gasteiger partial charge on any atom is -0.381 e. The first-order valence-corrected chi connectivity index (χ1v) is 6.69. The van der Waals surface area contributed by atoms with Crippen molar-refractivity contribution in [1.82, 2.24) is 14.7 Å². The van der Waals surface area contributed by atoms with Gasteiger partial charge in [-0.3, -0.25) is 9.48 Å². The zero-order valence-corrected chi connectivity index (χ0v) is 14.0. The third-order valence-corrected chi connectivity index (χ3v) is 3.84. The van der Waals surface area contributed by atoms with E-state index < -0.39 is 0 Å². The molecule has 2 rings (SSSR count). The van der Waals surface area contributed by atoms with Gasteiger partial charge in [0.25, 0.3) is 0 Å². The monoisotopic (exact) mass is 338 g/mol. The molecule has 122 valence electrons. The van der Waals surface area contributed by atoms with Gasteiger partial charge in [-0.25, -0.2) is 0 Å². The lowest BCUT2D eigenvalue weighted by Crippen LogP contribution is -2.52. The Morgan fingerprint density at radius 3 is 2.76 bits per heavy atom. The normalized spacial score (nSPS) is 22.9. The molecule has 1 aromatic rings. The number of rotatable bonds is 4. The number of amides is 1. The van der Waals surface area contributed by atoms with E-state index in [1.165, 1.54) is 0 Å². The van der Waals surface area contributed by atoms with Gasteiger partial charge in [-0.05, 0) is 25.8 Å². The number of ether oxygens (including phenoxy) is 1. The van der Waals surface area contributed by atoms with E-state index in [9.17, 15) is 4.79 Å². The number of carbonyl (C=O) groups is 1. The molecule has 0 bridgehead atoms. The van der Waals surface area contributed by atoms with Crippen LogP contribution in [0.3, 0.4) is 0 Å². The molecule has 1 amide bonds. The van der Waals surface area contributed by atoms with Gasteiger partial charge < -0.3 is 15.4 Å². The molecule has 0 spiro atoms. The predicted octanol–water partition coefficient (Wildman–Crippen LogP) is 1.25. The number of carbonyl (C=O) groups excluding carboxylic acids is 1. The van der Waals surface area contributed by atoms with Gasteiger partial charge in [0.2, 0.25) is 5.91 Å². The summed E-state index contributed by atoms with van der Waals surface area (Å²) in [5.41, 5.74) is 5.80. The molecule has 1 aromatic heterocycles. The van der Waals surface area contributed by atoms with Crippen molar-refractivity contribution in [2.45, 2.75) is 38.0 Å². The number of hydrogen-bond donors (Lipinski definition) is 1. The fourth-order valence-electron chi connectivity index (χ4n) is 2.60. The van der Waals surface area contributed by atoms with Crippen LogP contribution in [-0.4, -0.2) is 52.9 Å². The molecule has 0 aliphatic carbocycles. The minimum absolute atomic E-state index is 0. The summed E-state index contributed by atoms with van der Waals surface area (Å²) >= 11 is 0. The van der Waals surface area contributed by atoms with E-state index in [1.807, 2.05) is 24.1 Å². The highest BCUT2D eigenvalue weighted by molar-refractivity contribution is 5.85. The van der Waals surface area contributed by atoms with Gasteiger partial charge in [0.1, 0.15) is 6.04 Å². The molecule has 1 aliphatic rings. The van der Waals surface area contributed by atoms with Crippen LogP contribution in [0, 0.1) is 0 Å². The second-order valence-electron chi connectivity index (χ2n) is 4.97. The van der Waals surface area contributed by atoms with Crippen molar-refractivity contribution in [1.29, 1.82) is 0 Å². The summed E-state index contributed by atoms with van der Waals surface area (Å²) in [6.07, 6.45) is 5.37. The molecule has 3 atom stereocenters. The van der Waals surface area contributed by atoms with Crippen LogP contribution in [0.4, 0.5) is 0 Å². The largest absolute Gasteiger partial charge is 0.381 e. The molecule has 1 saturated heterocycles. The van der Waals surface area contributed by atoms with Crippen LogP contribution in [0.25, 0.3) is 0 Å². The molecule has 6 nitrogen and oxygen atoms in total. The lowest BCUT2D eigenvalue weighted by Gasteiger charge is -2.39. The maximum absolute atomic E-state index is 12.5. The van der Waals surface area contributed by atoms with Crippen molar-refractivity contribution in [3.63, 3.8) is 0 Å². The second-order valence-corrected chi connectivity index (χ2v) is 4.97. The number of likely N-dealkylation sites (tertiary alicyclic amines) is 1. The Kier molecular flexibility index (Phi) is 8.89. The van der Waals surface area contributed by atoms with Crippen molar-refractivity contribution in [2.75, 3.05) is 20.2 Å². The van der Waals surface area contributed by atoms with Gasteiger partial charge >= 0.3 is 0 Å². The minimum atomic E-state index is -0.289. The fraction of sp³-hybridized carbons (Fsp3) is 0.692. The van der Waals surface area contributed by atoms with Crippen LogP contribution < -0.4 is 5.73 Å². The summed E-state index contributed by atoms with van der Waals surface area (Å²) < 4.78 is 7.05. The van der Waals surface area contributed by atoms with Crippen LogP contribution in [-0.2, 0) is 9.53 Å².